The van der Waals surface area contributed by atoms with E-state index in [9.17, 15) is 35.7 Å². The van der Waals surface area contributed by atoms with E-state index in [1.807, 2.05) is 0 Å². The van der Waals surface area contributed by atoms with Crippen LogP contribution in [0.2, 0.25) is 0 Å². The van der Waals surface area contributed by atoms with Gasteiger partial charge in [-0.3, -0.25) is 0 Å². The molecule has 0 unspecified atom stereocenters. The number of rotatable bonds is 4. The molecule has 4 rings (SSSR count). The van der Waals surface area contributed by atoms with Gasteiger partial charge in [0.1, 0.15) is 41.7 Å². The van der Waals surface area contributed by atoms with Crippen molar-refractivity contribution in [3.05, 3.63) is 41.5 Å². The summed E-state index contributed by atoms with van der Waals surface area (Å²) in [5.74, 6) is -0.598. The minimum absolute atomic E-state index is 0.0571. The Labute approximate surface area is 170 Å². The van der Waals surface area contributed by atoms with Gasteiger partial charge >= 0.3 is 0 Å². The summed E-state index contributed by atoms with van der Waals surface area (Å²) in [6, 6.07) is 6.73. The molecule has 30 heavy (non-hydrogen) atoms. The van der Waals surface area contributed by atoms with Crippen LogP contribution in [0.1, 0.15) is 17.2 Å². The van der Waals surface area contributed by atoms with Crippen molar-refractivity contribution in [2.24, 2.45) is 0 Å². The Morgan fingerprint density at radius 1 is 0.933 bits per heavy atom. The van der Waals surface area contributed by atoms with E-state index in [0.29, 0.717) is 11.1 Å². The van der Waals surface area contributed by atoms with Crippen LogP contribution >= 0.6 is 0 Å². The molecule has 1 saturated heterocycles. The first-order valence-corrected chi connectivity index (χ1v) is 9.30. The lowest BCUT2D eigenvalue weighted by atomic mass is 9.94. The number of aromatic hydroxyl groups is 3. The summed E-state index contributed by atoms with van der Waals surface area (Å²) in [4.78, 5) is 0. The van der Waals surface area contributed by atoms with E-state index >= 15 is 0 Å². The van der Waals surface area contributed by atoms with Gasteiger partial charge in [-0.2, -0.15) is 0 Å². The van der Waals surface area contributed by atoms with E-state index in [-0.39, 0.29) is 35.2 Å². The van der Waals surface area contributed by atoms with Gasteiger partial charge < -0.3 is 50.0 Å². The van der Waals surface area contributed by atoms with Gasteiger partial charge in [0.2, 0.25) is 6.29 Å². The number of fused-ring (bicyclic) bond motifs is 1. The van der Waals surface area contributed by atoms with Crippen molar-refractivity contribution in [3.63, 3.8) is 0 Å². The first-order chi connectivity index (χ1) is 14.3. The van der Waals surface area contributed by atoms with Gasteiger partial charge in [0.15, 0.2) is 11.5 Å². The largest absolute Gasteiger partial charge is 0.507 e. The van der Waals surface area contributed by atoms with Gasteiger partial charge in [-0.25, -0.2) is 0 Å². The van der Waals surface area contributed by atoms with Crippen LogP contribution in [0.4, 0.5) is 0 Å². The molecular weight excluding hydrogens is 400 g/mol. The van der Waals surface area contributed by atoms with Crippen molar-refractivity contribution in [1.29, 1.82) is 0 Å². The molecule has 0 amide bonds. The van der Waals surface area contributed by atoms with E-state index in [2.05, 4.69) is 0 Å². The standard InChI is InChI=1S/C20H22O10/c21-7-16-17(26)18(27)20(30-16)28-9-4-12(23)10-6-14(25)19(29-15(10)5-9)8-1-2-11(22)13(24)3-8/h1-5,14,16-27H,6-7H2/t14-,16-,17+,18-,19-,20+/m1/s1. The number of benzene rings is 2. The summed E-state index contributed by atoms with van der Waals surface area (Å²) in [7, 11) is 0. The Morgan fingerprint density at radius 2 is 1.70 bits per heavy atom. The smallest absolute Gasteiger partial charge is 0.229 e. The van der Waals surface area contributed by atoms with Gasteiger partial charge in [-0.05, 0) is 17.7 Å². The number of phenols is 3. The van der Waals surface area contributed by atoms with E-state index in [1.54, 1.807) is 0 Å². The van der Waals surface area contributed by atoms with E-state index in [0.717, 1.165) is 0 Å². The maximum absolute atomic E-state index is 10.5. The summed E-state index contributed by atoms with van der Waals surface area (Å²) in [5.41, 5.74) is 0.757. The van der Waals surface area contributed by atoms with Gasteiger partial charge in [-0.1, -0.05) is 6.07 Å². The van der Waals surface area contributed by atoms with Crippen LogP contribution in [-0.2, 0) is 11.2 Å². The van der Waals surface area contributed by atoms with Crippen molar-refractivity contribution in [3.8, 4) is 28.7 Å². The molecule has 0 radical (unpaired) electrons. The van der Waals surface area contributed by atoms with Crippen LogP contribution in [-0.4, -0.2) is 73.1 Å². The van der Waals surface area contributed by atoms with Crippen molar-refractivity contribution in [1.82, 2.24) is 0 Å². The number of hydrogen-bond donors (Lipinski definition) is 7. The zero-order valence-electron chi connectivity index (χ0n) is 15.6. The number of ether oxygens (including phenoxy) is 3. The molecule has 0 bridgehead atoms. The van der Waals surface area contributed by atoms with Crippen LogP contribution in [0.25, 0.3) is 0 Å². The molecule has 2 aromatic rings. The minimum atomic E-state index is -1.41. The van der Waals surface area contributed by atoms with E-state index in [4.69, 9.17) is 14.2 Å². The Bertz CT molecular complexity index is 932. The molecule has 2 aliphatic heterocycles. The SMILES string of the molecule is OC[C@H]1O[C@H](Oc2cc(O)c3c(c2)O[C@H](c2ccc(O)c(O)c2)[C@H](O)C3)[C@H](O)[C@H]1O. The lowest BCUT2D eigenvalue weighted by Gasteiger charge is -2.32. The van der Waals surface area contributed by atoms with Gasteiger partial charge in [-0.15, -0.1) is 0 Å². The Morgan fingerprint density at radius 3 is 2.37 bits per heavy atom. The molecule has 2 aromatic carbocycles. The van der Waals surface area contributed by atoms with Crippen molar-refractivity contribution < 1.29 is 50.0 Å². The number of phenolic OH excluding ortho intramolecular Hbond substituents is 3. The summed E-state index contributed by atoms with van der Waals surface area (Å²) in [6.07, 6.45) is -6.86. The van der Waals surface area contributed by atoms with Crippen LogP contribution in [0, 0.1) is 0 Å². The summed E-state index contributed by atoms with van der Waals surface area (Å²) < 4.78 is 16.6. The van der Waals surface area contributed by atoms with Crippen LogP contribution in [0.15, 0.2) is 30.3 Å². The maximum Gasteiger partial charge on any atom is 0.229 e. The van der Waals surface area contributed by atoms with Crippen LogP contribution < -0.4 is 9.47 Å². The second-order valence-electron chi connectivity index (χ2n) is 7.30. The third-order valence-corrected chi connectivity index (χ3v) is 5.25. The maximum atomic E-state index is 10.5. The third-order valence-electron chi connectivity index (χ3n) is 5.25. The van der Waals surface area contributed by atoms with Crippen molar-refractivity contribution in [2.75, 3.05) is 6.61 Å². The molecule has 0 spiro atoms. The molecule has 0 aliphatic carbocycles. The van der Waals surface area contributed by atoms with Crippen LogP contribution in [0.5, 0.6) is 28.7 Å². The zero-order valence-corrected chi connectivity index (χ0v) is 15.6. The molecule has 10 heteroatoms. The van der Waals surface area contributed by atoms with Gasteiger partial charge in [0.25, 0.3) is 0 Å². The number of aliphatic hydroxyl groups excluding tert-OH is 4. The summed E-state index contributed by atoms with van der Waals surface area (Å²) in [6.45, 7) is -0.504. The quantitative estimate of drug-likeness (QED) is 0.324. The molecule has 6 atom stereocenters. The third kappa shape index (κ3) is 3.59. The second kappa shape index (κ2) is 7.82. The topological polar surface area (TPSA) is 169 Å². The monoisotopic (exact) mass is 422 g/mol. The van der Waals surface area contributed by atoms with E-state index in [1.165, 1.54) is 30.3 Å². The normalized spacial score (nSPS) is 30.5. The molecule has 10 nitrogen and oxygen atoms in total. The molecule has 2 heterocycles. The minimum Gasteiger partial charge on any atom is -0.507 e. The van der Waals surface area contributed by atoms with Crippen LogP contribution in [0.3, 0.4) is 0 Å². The molecule has 1 fully saturated rings. The fraction of sp³-hybridized carbons (Fsp3) is 0.400. The predicted octanol–water partition coefficient (Wildman–Crippen LogP) is -0.342. The molecule has 2 aliphatic rings. The van der Waals surface area contributed by atoms with E-state index < -0.39 is 43.4 Å². The molecule has 0 saturated carbocycles. The highest BCUT2D eigenvalue weighted by atomic mass is 16.7. The molecule has 0 aromatic heterocycles. The highest BCUT2D eigenvalue weighted by molar-refractivity contribution is 5.52. The second-order valence-corrected chi connectivity index (χ2v) is 7.30. The Kier molecular flexibility index (Phi) is 5.35. The molecular formula is C20H22O10. The average Bonchev–Trinajstić information content (AvgIpc) is 2.98. The van der Waals surface area contributed by atoms with Crippen molar-refractivity contribution in [2.45, 2.75) is 43.2 Å². The van der Waals surface area contributed by atoms with Crippen molar-refractivity contribution >= 4 is 0 Å². The Balaban J connectivity index is 1.59. The first kappa shape index (κ1) is 20.5. The summed E-state index contributed by atoms with van der Waals surface area (Å²) in [5, 5.41) is 69.0. The predicted molar refractivity (Wildman–Crippen MR) is 99.3 cm³/mol. The Hall–Kier alpha value is -2.76. The highest BCUT2D eigenvalue weighted by Crippen LogP contribution is 2.43. The average molecular weight is 422 g/mol. The number of aliphatic hydroxyl groups is 4. The first-order valence-electron chi connectivity index (χ1n) is 9.30. The lowest BCUT2D eigenvalue weighted by molar-refractivity contribution is -0.116. The van der Waals surface area contributed by atoms with Gasteiger partial charge in [0.05, 0.1) is 12.7 Å². The lowest BCUT2D eigenvalue weighted by Crippen LogP contribution is -2.35. The van der Waals surface area contributed by atoms with Gasteiger partial charge in [0, 0.05) is 24.1 Å². The molecule has 162 valence electrons. The fourth-order valence-electron chi connectivity index (χ4n) is 3.62. The number of hydrogen-bond acceptors (Lipinski definition) is 10. The molecule has 7 N–H and O–H groups in total. The highest BCUT2D eigenvalue weighted by Gasteiger charge is 2.44. The summed E-state index contributed by atoms with van der Waals surface area (Å²) >= 11 is 0. The zero-order chi connectivity index (χ0) is 21.6. The fourth-order valence-corrected chi connectivity index (χ4v) is 3.62.